The van der Waals surface area contributed by atoms with Gasteiger partial charge in [-0.25, -0.2) is 8.42 Å². The number of amides is 1. The zero-order valence-corrected chi connectivity index (χ0v) is 18.5. The first-order valence-corrected chi connectivity index (χ1v) is 11.5. The molecule has 0 spiro atoms. The molecule has 0 aliphatic rings. The van der Waals surface area contributed by atoms with Crippen LogP contribution in [0.2, 0.25) is 0 Å². The van der Waals surface area contributed by atoms with Gasteiger partial charge in [0, 0.05) is 0 Å². The van der Waals surface area contributed by atoms with Crippen molar-refractivity contribution < 1.29 is 17.9 Å². The molecule has 6 nitrogen and oxygen atoms in total. The molecule has 7 heteroatoms. The maximum absolute atomic E-state index is 12.9. The Morgan fingerprint density at radius 1 is 1.10 bits per heavy atom. The average Bonchev–Trinajstić information content (AvgIpc) is 2.65. The smallest absolute Gasteiger partial charge is 0.244 e. The lowest BCUT2D eigenvalue weighted by atomic mass is 10.1. The van der Waals surface area contributed by atoms with E-state index < -0.39 is 16.1 Å². The van der Waals surface area contributed by atoms with Gasteiger partial charge in [-0.05, 0) is 51.0 Å². The molecule has 0 fully saturated rings. The Bertz CT molecular complexity index is 926. The van der Waals surface area contributed by atoms with Crippen molar-refractivity contribution in [2.45, 2.75) is 46.2 Å². The molecule has 29 heavy (non-hydrogen) atoms. The molecule has 0 aliphatic heterocycles. The van der Waals surface area contributed by atoms with E-state index in [9.17, 15) is 13.2 Å². The molecule has 158 valence electrons. The van der Waals surface area contributed by atoms with E-state index in [4.69, 9.17) is 4.74 Å². The molecule has 0 aromatic heterocycles. The van der Waals surface area contributed by atoms with Gasteiger partial charge in [-0.3, -0.25) is 9.10 Å². The van der Waals surface area contributed by atoms with Gasteiger partial charge in [0.2, 0.25) is 15.9 Å². The van der Waals surface area contributed by atoms with E-state index in [1.54, 1.807) is 19.1 Å². The number of hydrogen-bond acceptors (Lipinski definition) is 4. The van der Waals surface area contributed by atoms with Gasteiger partial charge >= 0.3 is 0 Å². The molecule has 2 aromatic carbocycles. The molecule has 2 atom stereocenters. The normalized spacial score (nSPS) is 13.4. The molecule has 1 N–H and O–H groups in total. The lowest BCUT2D eigenvalue weighted by Crippen LogP contribution is -2.52. The SMILES string of the molecule is CCC(C(=O)NC(C)COc1ccccc1C)N(c1ccc(C)cc1)S(C)(=O)=O. The zero-order valence-electron chi connectivity index (χ0n) is 17.7. The predicted molar refractivity (Wildman–Crippen MR) is 117 cm³/mol. The number of sulfonamides is 1. The van der Waals surface area contributed by atoms with Gasteiger partial charge in [-0.1, -0.05) is 42.8 Å². The van der Waals surface area contributed by atoms with Crippen LogP contribution in [0.1, 0.15) is 31.4 Å². The number of nitrogens with one attached hydrogen (secondary N) is 1. The summed E-state index contributed by atoms with van der Waals surface area (Å²) in [6.45, 7) is 7.80. The van der Waals surface area contributed by atoms with Crippen molar-refractivity contribution in [3.05, 3.63) is 59.7 Å². The summed E-state index contributed by atoms with van der Waals surface area (Å²) in [5.74, 6) is 0.414. The van der Waals surface area contributed by atoms with Crippen LogP contribution in [0.15, 0.2) is 48.5 Å². The van der Waals surface area contributed by atoms with Crippen molar-refractivity contribution in [1.82, 2.24) is 5.32 Å². The third-order valence-corrected chi connectivity index (χ3v) is 5.77. The van der Waals surface area contributed by atoms with E-state index in [-0.39, 0.29) is 18.6 Å². The maximum Gasteiger partial charge on any atom is 0.244 e. The van der Waals surface area contributed by atoms with Gasteiger partial charge < -0.3 is 10.1 Å². The van der Waals surface area contributed by atoms with Crippen LogP contribution in [0.5, 0.6) is 5.75 Å². The number of benzene rings is 2. The van der Waals surface area contributed by atoms with Gasteiger partial charge in [-0.2, -0.15) is 0 Å². The number of carbonyl (C=O) groups excluding carboxylic acids is 1. The molecule has 0 saturated carbocycles. The lowest BCUT2D eigenvalue weighted by Gasteiger charge is -2.31. The molecule has 0 saturated heterocycles. The van der Waals surface area contributed by atoms with Crippen LogP contribution < -0.4 is 14.4 Å². The first-order chi connectivity index (χ1) is 13.6. The Hall–Kier alpha value is -2.54. The second kappa shape index (κ2) is 9.78. The maximum atomic E-state index is 12.9. The number of ether oxygens (including phenoxy) is 1. The number of aryl methyl sites for hydroxylation is 2. The van der Waals surface area contributed by atoms with Crippen LogP contribution in [-0.2, 0) is 14.8 Å². The van der Waals surface area contributed by atoms with Crippen LogP contribution in [0.25, 0.3) is 0 Å². The summed E-state index contributed by atoms with van der Waals surface area (Å²) >= 11 is 0. The van der Waals surface area contributed by atoms with E-state index in [0.29, 0.717) is 12.1 Å². The van der Waals surface area contributed by atoms with Gasteiger partial charge in [0.1, 0.15) is 18.4 Å². The van der Waals surface area contributed by atoms with Gasteiger partial charge in [0.15, 0.2) is 0 Å². The highest BCUT2D eigenvalue weighted by Gasteiger charge is 2.32. The van der Waals surface area contributed by atoms with Gasteiger partial charge in [0.25, 0.3) is 0 Å². The molecular formula is C22H30N2O4S. The minimum atomic E-state index is -3.64. The standard InChI is InChI=1S/C22H30N2O4S/c1-6-20(24(29(5,26)27)19-13-11-16(2)12-14-19)22(25)23-18(4)15-28-21-10-8-7-9-17(21)3/h7-14,18,20H,6,15H2,1-5H3,(H,23,25). The zero-order chi connectivity index (χ0) is 21.6. The van der Waals surface area contributed by atoms with Crippen LogP contribution in [0.4, 0.5) is 5.69 Å². The Morgan fingerprint density at radius 3 is 2.28 bits per heavy atom. The quantitative estimate of drug-likeness (QED) is 0.677. The highest BCUT2D eigenvalue weighted by Crippen LogP contribution is 2.23. The lowest BCUT2D eigenvalue weighted by molar-refractivity contribution is -0.123. The molecule has 0 heterocycles. The Balaban J connectivity index is 2.12. The monoisotopic (exact) mass is 418 g/mol. The molecule has 0 bridgehead atoms. The second-order valence-corrected chi connectivity index (χ2v) is 9.16. The van der Waals surface area contributed by atoms with E-state index in [2.05, 4.69) is 5.32 Å². The van der Waals surface area contributed by atoms with Crippen LogP contribution in [0, 0.1) is 13.8 Å². The highest BCUT2D eigenvalue weighted by molar-refractivity contribution is 7.92. The summed E-state index contributed by atoms with van der Waals surface area (Å²) < 4.78 is 31.9. The van der Waals surface area contributed by atoms with Gasteiger partial charge in [0.05, 0.1) is 18.0 Å². The average molecular weight is 419 g/mol. The first-order valence-electron chi connectivity index (χ1n) is 9.68. The Kier molecular flexibility index (Phi) is 7.67. The Labute approximate surface area is 173 Å². The van der Waals surface area contributed by atoms with E-state index in [0.717, 1.165) is 23.1 Å². The molecule has 1 amide bonds. The minimum absolute atomic E-state index is 0.282. The predicted octanol–water partition coefficient (Wildman–Crippen LogP) is 3.43. The molecule has 0 radical (unpaired) electrons. The summed E-state index contributed by atoms with van der Waals surface area (Å²) in [7, 11) is -3.64. The fourth-order valence-electron chi connectivity index (χ4n) is 3.07. The van der Waals surface area contributed by atoms with Crippen LogP contribution in [0.3, 0.4) is 0 Å². The largest absolute Gasteiger partial charge is 0.491 e. The minimum Gasteiger partial charge on any atom is -0.491 e. The summed E-state index contributed by atoms with van der Waals surface area (Å²) in [6.07, 6.45) is 1.46. The summed E-state index contributed by atoms with van der Waals surface area (Å²) in [4.78, 5) is 12.9. The Morgan fingerprint density at radius 2 is 1.72 bits per heavy atom. The molecule has 2 aromatic rings. The van der Waals surface area contributed by atoms with Crippen LogP contribution >= 0.6 is 0 Å². The number of anilines is 1. The number of para-hydroxylation sites is 1. The summed E-state index contributed by atoms with van der Waals surface area (Å²) in [5, 5.41) is 2.88. The number of rotatable bonds is 9. The van der Waals surface area contributed by atoms with E-state index in [1.165, 1.54) is 4.31 Å². The highest BCUT2D eigenvalue weighted by atomic mass is 32.2. The van der Waals surface area contributed by atoms with E-state index >= 15 is 0 Å². The summed E-state index contributed by atoms with van der Waals surface area (Å²) in [6, 6.07) is 13.6. The fraction of sp³-hybridized carbons (Fsp3) is 0.409. The second-order valence-electron chi connectivity index (χ2n) is 7.30. The summed E-state index contributed by atoms with van der Waals surface area (Å²) in [5.41, 5.74) is 2.51. The fourth-order valence-corrected chi connectivity index (χ4v) is 4.28. The first kappa shape index (κ1) is 22.7. The van der Waals surface area contributed by atoms with Crippen molar-refractivity contribution in [2.24, 2.45) is 0 Å². The van der Waals surface area contributed by atoms with Crippen molar-refractivity contribution >= 4 is 21.6 Å². The van der Waals surface area contributed by atoms with Crippen molar-refractivity contribution in [3.8, 4) is 5.75 Å². The van der Waals surface area contributed by atoms with Crippen molar-refractivity contribution in [2.75, 3.05) is 17.2 Å². The molecule has 2 unspecified atom stereocenters. The third kappa shape index (κ3) is 6.22. The number of carbonyl (C=O) groups is 1. The van der Waals surface area contributed by atoms with Gasteiger partial charge in [-0.15, -0.1) is 0 Å². The third-order valence-electron chi connectivity index (χ3n) is 4.59. The van der Waals surface area contributed by atoms with E-state index in [1.807, 2.05) is 57.2 Å². The van der Waals surface area contributed by atoms with Crippen molar-refractivity contribution in [3.63, 3.8) is 0 Å². The molecule has 0 aliphatic carbocycles. The number of nitrogens with zero attached hydrogens (tertiary/aromatic N) is 1. The molecular weight excluding hydrogens is 388 g/mol. The van der Waals surface area contributed by atoms with Crippen LogP contribution in [-0.4, -0.2) is 39.3 Å². The van der Waals surface area contributed by atoms with Crippen molar-refractivity contribution in [1.29, 1.82) is 0 Å². The number of hydrogen-bond donors (Lipinski definition) is 1. The molecule has 2 rings (SSSR count). The topological polar surface area (TPSA) is 75.7 Å².